The number of nitrogens with one attached hydrogen (secondary N) is 1. The lowest BCUT2D eigenvalue weighted by atomic mass is 10.4. The fourth-order valence-electron chi connectivity index (χ4n) is 0.882. The fourth-order valence-corrected chi connectivity index (χ4v) is 0.882. The lowest BCUT2D eigenvalue weighted by Crippen LogP contribution is -2.32. The van der Waals surface area contributed by atoms with E-state index in [1.807, 2.05) is 4.98 Å². The van der Waals surface area contributed by atoms with Gasteiger partial charge in [0.25, 0.3) is 5.56 Å². The molecule has 0 aromatic carbocycles. The molecule has 0 fully saturated rings. The third-order valence-electron chi connectivity index (χ3n) is 1.59. The number of aliphatic hydroxyl groups excluding tert-OH is 2. The number of aliphatic hydroxyl groups is 2. The summed E-state index contributed by atoms with van der Waals surface area (Å²) >= 11 is 0. The normalized spacial score (nSPS) is 9.35. The molecule has 1 rings (SSSR count). The van der Waals surface area contributed by atoms with Gasteiger partial charge in [0.1, 0.15) is 6.54 Å². The van der Waals surface area contributed by atoms with E-state index in [2.05, 4.69) is 0 Å². The average molecular weight is 246 g/mol. The summed E-state index contributed by atoms with van der Waals surface area (Å²) in [6, 6.07) is 0. The van der Waals surface area contributed by atoms with Crippen molar-refractivity contribution >= 4 is 5.97 Å². The predicted octanol–water partition coefficient (Wildman–Crippen LogP) is -2.10. The number of carbonyl (C=O) groups is 1. The molecule has 0 spiro atoms. The summed E-state index contributed by atoms with van der Waals surface area (Å²) in [7, 11) is 0. The van der Waals surface area contributed by atoms with Gasteiger partial charge in [-0.2, -0.15) is 0 Å². The minimum Gasteiger partial charge on any atom is -0.480 e. The van der Waals surface area contributed by atoms with Gasteiger partial charge in [0.05, 0.1) is 13.2 Å². The summed E-state index contributed by atoms with van der Waals surface area (Å²) in [6.07, 6.45) is 1.22. The Morgan fingerprint density at radius 1 is 1.35 bits per heavy atom. The number of carboxylic acid groups (broad SMARTS) is 1. The van der Waals surface area contributed by atoms with Gasteiger partial charge in [-0.15, -0.1) is 0 Å². The maximum absolute atomic E-state index is 11.0. The molecule has 0 saturated heterocycles. The van der Waals surface area contributed by atoms with Crippen molar-refractivity contribution in [1.29, 1.82) is 0 Å². The third-order valence-corrected chi connectivity index (χ3v) is 1.59. The first-order valence-electron chi connectivity index (χ1n) is 4.66. The highest BCUT2D eigenvalue weighted by atomic mass is 16.4. The van der Waals surface area contributed by atoms with Gasteiger partial charge in [0, 0.05) is 11.8 Å². The summed E-state index contributed by atoms with van der Waals surface area (Å²) in [5.41, 5.74) is -0.898. The van der Waals surface area contributed by atoms with Crippen LogP contribution in [-0.4, -0.2) is 44.1 Å². The summed E-state index contributed by atoms with van der Waals surface area (Å²) in [6.45, 7) is 0.799. The van der Waals surface area contributed by atoms with Crippen LogP contribution in [0.4, 0.5) is 0 Å². The summed E-state index contributed by atoms with van der Waals surface area (Å²) in [5, 5.41) is 23.6. The number of aryl methyl sites for hydroxylation is 1. The van der Waals surface area contributed by atoms with E-state index >= 15 is 0 Å². The molecule has 96 valence electrons. The highest BCUT2D eigenvalue weighted by molar-refractivity contribution is 5.66. The Hall–Kier alpha value is -1.93. The highest BCUT2D eigenvalue weighted by Gasteiger charge is 2.03. The SMILES string of the molecule is Cc1cn(CC(=O)O)c(=O)[nH]c1=O.OCCO. The molecule has 0 radical (unpaired) electrons. The molecule has 0 atom stereocenters. The monoisotopic (exact) mass is 246 g/mol. The lowest BCUT2D eigenvalue weighted by molar-refractivity contribution is -0.137. The van der Waals surface area contributed by atoms with Crippen molar-refractivity contribution in [3.05, 3.63) is 32.6 Å². The number of rotatable bonds is 3. The van der Waals surface area contributed by atoms with E-state index in [0.717, 1.165) is 4.57 Å². The zero-order chi connectivity index (χ0) is 13.4. The molecule has 0 amide bonds. The maximum Gasteiger partial charge on any atom is 0.328 e. The second-order valence-corrected chi connectivity index (χ2v) is 3.04. The molecule has 0 saturated carbocycles. The quantitative estimate of drug-likeness (QED) is 0.483. The van der Waals surface area contributed by atoms with Crippen LogP contribution in [0.1, 0.15) is 5.56 Å². The Bertz CT molecular complexity index is 473. The number of carboxylic acids is 1. The van der Waals surface area contributed by atoms with Crippen LogP contribution in [0.15, 0.2) is 15.8 Å². The first-order valence-corrected chi connectivity index (χ1v) is 4.66. The van der Waals surface area contributed by atoms with Gasteiger partial charge in [-0.05, 0) is 6.92 Å². The summed E-state index contributed by atoms with van der Waals surface area (Å²) in [5.74, 6) is -1.13. The molecule has 0 aliphatic heterocycles. The van der Waals surface area contributed by atoms with E-state index in [-0.39, 0.29) is 13.2 Å². The van der Waals surface area contributed by atoms with E-state index in [1.54, 1.807) is 0 Å². The second-order valence-electron chi connectivity index (χ2n) is 3.04. The van der Waals surface area contributed by atoms with E-state index in [4.69, 9.17) is 15.3 Å². The molecule has 8 heteroatoms. The molecule has 8 nitrogen and oxygen atoms in total. The van der Waals surface area contributed by atoms with Crippen molar-refractivity contribution in [1.82, 2.24) is 9.55 Å². The Morgan fingerprint density at radius 3 is 2.29 bits per heavy atom. The number of aromatic amines is 1. The van der Waals surface area contributed by atoms with Crippen LogP contribution in [-0.2, 0) is 11.3 Å². The topological polar surface area (TPSA) is 133 Å². The molecule has 0 unspecified atom stereocenters. The smallest absolute Gasteiger partial charge is 0.328 e. The number of hydrogen-bond donors (Lipinski definition) is 4. The van der Waals surface area contributed by atoms with Gasteiger partial charge in [-0.25, -0.2) is 4.79 Å². The Morgan fingerprint density at radius 2 is 1.88 bits per heavy atom. The number of aromatic nitrogens is 2. The Kier molecular flexibility index (Phi) is 6.53. The maximum atomic E-state index is 11.0. The van der Waals surface area contributed by atoms with E-state index < -0.39 is 23.8 Å². The van der Waals surface area contributed by atoms with Crippen LogP contribution >= 0.6 is 0 Å². The lowest BCUT2D eigenvalue weighted by Gasteiger charge is -2.00. The van der Waals surface area contributed by atoms with Crippen molar-refractivity contribution in [2.24, 2.45) is 0 Å². The zero-order valence-electron chi connectivity index (χ0n) is 9.21. The minimum atomic E-state index is -1.13. The molecule has 4 N–H and O–H groups in total. The number of aliphatic carboxylic acids is 1. The van der Waals surface area contributed by atoms with Gasteiger partial charge < -0.3 is 15.3 Å². The van der Waals surface area contributed by atoms with E-state index in [1.165, 1.54) is 13.1 Å². The third kappa shape index (κ3) is 5.64. The van der Waals surface area contributed by atoms with Gasteiger partial charge in [0.2, 0.25) is 0 Å². The van der Waals surface area contributed by atoms with Crippen molar-refractivity contribution < 1.29 is 20.1 Å². The van der Waals surface area contributed by atoms with Crippen molar-refractivity contribution in [3.63, 3.8) is 0 Å². The summed E-state index contributed by atoms with van der Waals surface area (Å²) in [4.78, 5) is 34.1. The Labute approximate surface area is 95.8 Å². The number of H-pyrrole nitrogens is 1. The zero-order valence-corrected chi connectivity index (χ0v) is 9.21. The average Bonchev–Trinajstić information content (AvgIpc) is 2.25. The molecule has 1 heterocycles. The Balaban J connectivity index is 0.000000557. The second kappa shape index (κ2) is 7.36. The first kappa shape index (κ1) is 15.1. The number of nitrogens with zero attached hydrogens (tertiary/aromatic N) is 1. The minimum absolute atomic E-state index is 0.125. The molecule has 1 aromatic heterocycles. The fraction of sp³-hybridized carbons (Fsp3) is 0.444. The van der Waals surface area contributed by atoms with Crippen LogP contribution in [0.25, 0.3) is 0 Å². The number of hydrogen-bond acceptors (Lipinski definition) is 5. The van der Waals surface area contributed by atoms with Crippen molar-refractivity contribution in [2.45, 2.75) is 13.5 Å². The molecular formula is C9H14N2O6. The van der Waals surface area contributed by atoms with E-state index in [9.17, 15) is 14.4 Å². The van der Waals surface area contributed by atoms with Crippen molar-refractivity contribution in [2.75, 3.05) is 13.2 Å². The van der Waals surface area contributed by atoms with E-state index in [0.29, 0.717) is 5.56 Å². The summed E-state index contributed by atoms with van der Waals surface area (Å²) < 4.78 is 0.930. The predicted molar refractivity (Wildman–Crippen MR) is 57.9 cm³/mol. The first-order chi connectivity index (χ1) is 7.92. The standard InChI is InChI=1S/C7H8N2O4.C2H6O2/c1-4-2-9(3-5(10)11)7(13)8-6(4)12;3-1-2-4/h2H,3H2,1H3,(H,10,11)(H,8,12,13);3-4H,1-2H2. The van der Waals surface area contributed by atoms with Crippen LogP contribution in [0.3, 0.4) is 0 Å². The molecule has 0 aliphatic rings. The van der Waals surface area contributed by atoms with Crippen LogP contribution < -0.4 is 11.2 Å². The van der Waals surface area contributed by atoms with Gasteiger partial charge >= 0.3 is 11.7 Å². The van der Waals surface area contributed by atoms with Crippen LogP contribution in [0, 0.1) is 6.92 Å². The van der Waals surface area contributed by atoms with Gasteiger partial charge in [0.15, 0.2) is 0 Å². The van der Waals surface area contributed by atoms with Crippen LogP contribution in [0.5, 0.6) is 0 Å². The van der Waals surface area contributed by atoms with Crippen molar-refractivity contribution in [3.8, 4) is 0 Å². The van der Waals surface area contributed by atoms with Gasteiger partial charge in [-0.3, -0.25) is 19.1 Å². The molecule has 0 aliphatic carbocycles. The largest absolute Gasteiger partial charge is 0.480 e. The molecule has 0 bridgehead atoms. The highest BCUT2D eigenvalue weighted by Crippen LogP contribution is 1.83. The van der Waals surface area contributed by atoms with Crippen LogP contribution in [0.2, 0.25) is 0 Å². The van der Waals surface area contributed by atoms with Gasteiger partial charge in [-0.1, -0.05) is 0 Å². The molecular weight excluding hydrogens is 232 g/mol. The molecule has 17 heavy (non-hydrogen) atoms. The molecule has 1 aromatic rings.